The Morgan fingerprint density at radius 3 is 2.77 bits per heavy atom. The summed E-state index contributed by atoms with van der Waals surface area (Å²) in [4.78, 5) is 1.53. The van der Waals surface area contributed by atoms with Gasteiger partial charge in [-0.1, -0.05) is 13.0 Å². The Morgan fingerprint density at radius 2 is 2.23 bits per heavy atom. The summed E-state index contributed by atoms with van der Waals surface area (Å²) in [6.07, 6.45) is 3.46. The minimum absolute atomic E-state index is 0.377. The second-order valence-electron chi connectivity index (χ2n) is 4.65. The summed E-state index contributed by atoms with van der Waals surface area (Å²) in [5.74, 6) is 0.377. The maximum absolute atomic E-state index is 10.3. The van der Waals surface area contributed by atoms with Gasteiger partial charge in [0.15, 0.2) is 0 Å². The Hall–Kier alpha value is -0.340. The van der Waals surface area contributed by atoms with Gasteiger partial charge in [0, 0.05) is 12.3 Å². The van der Waals surface area contributed by atoms with Crippen LogP contribution in [-0.2, 0) is 0 Å². The van der Waals surface area contributed by atoms with E-state index in [-0.39, 0.29) is 0 Å². The van der Waals surface area contributed by atoms with E-state index in [2.05, 4.69) is 27.5 Å². The average Bonchev–Trinajstić information content (AvgIpc) is 2.02. The Bertz CT molecular complexity index is 193. The Labute approximate surface area is 81.2 Å². The Balaban J connectivity index is 2.69. The number of aliphatic hydroxyl groups is 1. The number of nitrogens with one attached hydrogen (secondary N) is 1. The third-order valence-corrected chi connectivity index (χ3v) is 3.54. The molecular formula is C11H22NO+. The molecule has 2 N–H and O–H groups in total. The molecule has 2 nitrogen and oxygen atoms in total. The molecule has 1 saturated heterocycles. The third kappa shape index (κ3) is 2.12. The van der Waals surface area contributed by atoms with E-state index in [0.717, 1.165) is 19.4 Å². The van der Waals surface area contributed by atoms with Crippen molar-refractivity contribution in [2.24, 2.45) is 5.92 Å². The maximum atomic E-state index is 10.3. The van der Waals surface area contributed by atoms with E-state index in [1.54, 1.807) is 0 Å². The van der Waals surface area contributed by atoms with E-state index < -0.39 is 5.60 Å². The molecule has 4 atom stereocenters. The molecule has 0 saturated carbocycles. The minimum Gasteiger partial charge on any atom is -0.389 e. The highest BCUT2D eigenvalue weighted by Gasteiger charge is 2.42. The number of hydrogen-bond acceptors (Lipinski definition) is 1. The normalized spacial score (nSPS) is 46.0. The minimum atomic E-state index is -0.499. The van der Waals surface area contributed by atoms with Crippen LogP contribution < -0.4 is 4.90 Å². The van der Waals surface area contributed by atoms with Crippen molar-refractivity contribution in [1.82, 2.24) is 0 Å². The van der Waals surface area contributed by atoms with Crippen LogP contribution in [0.25, 0.3) is 0 Å². The summed E-state index contributed by atoms with van der Waals surface area (Å²) in [6, 6.07) is 0.557. The second kappa shape index (κ2) is 3.81. The zero-order valence-corrected chi connectivity index (χ0v) is 9.01. The number of rotatable bonds is 2. The van der Waals surface area contributed by atoms with Crippen molar-refractivity contribution in [2.45, 2.75) is 38.3 Å². The van der Waals surface area contributed by atoms with Gasteiger partial charge in [-0.3, -0.25) is 0 Å². The second-order valence-corrected chi connectivity index (χ2v) is 4.65. The summed E-state index contributed by atoms with van der Waals surface area (Å²) in [6.45, 7) is 9.11. The van der Waals surface area contributed by atoms with Crippen LogP contribution in [0.5, 0.6) is 0 Å². The molecule has 0 amide bonds. The van der Waals surface area contributed by atoms with E-state index in [9.17, 15) is 5.11 Å². The lowest BCUT2D eigenvalue weighted by Gasteiger charge is -2.42. The molecule has 0 aromatic carbocycles. The highest BCUT2D eigenvalue weighted by molar-refractivity contribution is 4.93. The first-order valence-corrected chi connectivity index (χ1v) is 5.15. The van der Waals surface area contributed by atoms with Crippen molar-refractivity contribution in [3.63, 3.8) is 0 Å². The molecule has 0 aromatic heterocycles. The van der Waals surface area contributed by atoms with Gasteiger partial charge in [0.05, 0.1) is 25.2 Å². The summed E-state index contributed by atoms with van der Waals surface area (Å²) < 4.78 is 0. The first-order chi connectivity index (χ1) is 5.99. The van der Waals surface area contributed by atoms with Gasteiger partial charge in [-0.15, -0.1) is 6.58 Å². The lowest BCUT2D eigenvalue weighted by molar-refractivity contribution is -0.916. The average molecular weight is 184 g/mol. The lowest BCUT2D eigenvalue weighted by Crippen LogP contribution is -3.15. The maximum Gasteiger partial charge on any atom is 0.0872 e. The number of hydrogen-bond donors (Lipinski definition) is 2. The van der Waals surface area contributed by atoms with E-state index in [1.165, 1.54) is 4.90 Å². The lowest BCUT2D eigenvalue weighted by atomic mass is 9.77. The van der Waals surface area contributed by atoms with Crippen molar-refractivity contribution in [3.05, 3.63) is 12.7 Å². The standard InChI is InChI=1S/C11H21NO/c1-5-6-11(13)7-10(3)12(4)8-9(11)2/h5,9-10,13H,1,6-8H2,2-4H3/p+1/t9-,10-,11+/m1/s1. The van der Waals surface area contributed by atoms with Crippen LogP contribution in [0.15, 0.2) is 12.7 Å². The SMILES string of the molecule is C=CC[C@]1(O)C[C@@H](C)[NH+](C)C[C@H]1C. The first kappa shape index (κ1) is 10.7. The predicted octanol–water partition coefficient (Wildman–Crippen LogP) is 0.237. The van der Waals surface area contributed by atoms with Gasteiger partial charge in [-0.2, -0.15) is 0 Å². The highest BCUT2D eigenvalue weighted by atomic mass is 16.3. The molecule has 1 unspecified atom stereocenters. The van der Waals surface area contributed by atoms with Crippen LogP contribution in [0.4, 0.5) is 0 Å². The van der Waals surface area contributed by atoms with Crippen LogP contribution >= 0.6 is 0 Å². The van der Waals surface area contributed by atoms with Crippen molar-refractivity contribution in [3.8, 4) is 0 Å². The molecule has 13 heavy (non-hydrogen) atoms. The fourth-order valence-electron chi connectivity index (χ4n) is 2.31. The Morgan fingerprint density at radius 1 is 1.62 bits per heavy atom. The van der Waals surface area contributed by atoms with Crippen LogP contribution in [0, 0.1) is 5.92 Å². The zero-order valence-electron chi connectivity index (χ0n) is 9.01. The fourth-order valence-corrected chi connectivity index (χ4v) is 2.31. The molecule has 76 valence electrons. The molecule has 1 heterocycles. The van der Waals surface area contributed by atoms with Crippen LogP contribution in [0.2, 0.25) is 0 Å². The summed E-state index contributed by atoms with van der Waals surface area (Å²) in [7, 11) is 2.20. The predicted molar refractivity (Wildman–Crippen MR) is 54.8 cm³/mol. The van der Waals surface area contributed by atoms with Crippen molar-refractivity contribution >= 4 is 0 Å². The summed E-state index contributed by atoms with van der Waals surface area (Å²) in [5.41, 5.74) is -0.499. The molecule has 0 radical (unpaired) electrons. The zero-order chi connectivity index (χ0) is 10.1. The van der Waals surface area contributed by atoms with E-state index in [1.807, 2.05) is 6.08 Å². The van der Waals surface area contributed by atoms with Gasteiger partial charge in [-0.05, 0) is 13.3 Å². The van der Waals surface area contributed by atoms with Gasteiger partial charge in [-0.25, -0.2) is 0 Å². The van der Waals surface area contributed by atoms with Gasteiger partial charge in [0.1, 0.15) is 0 Å². The molecule has 0 aliphatic carbocycles. The molecule has 2 heteroatoms. The number of quaternary nitrogens is 1. The van der Waals surface area contributed by atoms with E-state index in [4.69, 9.17) is 0 Å². The van der Waals surface area contributed by atoms with Gasteiger partial charge >= 0.3 is 0 Å². The molecule has 1 rings (SSSR count). The van der Waals surface area contributed by atoms with Crippen LogP contribution in [-0.4, -0.2) is 30.3 Å². The van der Waals surface area contributed by atoms with Gasteiger partial charge in [0.2, 0.25) is 0 Å². The smallest absolute Gasteiger partial charge is 0.0872 e. The molecular weight excluding hydrogens is 162 g/mol. The third-order valence-electron chi connectivity index (χ3n) is 3.54. The molecule has 0 aromatic rings. The number of likely N-dealkylation sites (tertiary alicyclic amines) is 1. The first-order valence-electron chi connectivity index (χ1n) is 5.15. The molecule has 0 spiro atoms. The van der Waals surface area contributed by atoms with Crippen molar-refractivity contribution in [2.75, 3.05) is 13.6 Å². The highest BCUT2D eigenvalue weighted by Crippen LogP contribution is 2.28. The Kier molecular flexibility index (Phi) is 3.14. The van der Waals surface area contributed by atoms with Crippen molar-refractivity contribution in [1.29, 1.82) is 0 Å². The quantitative estimate of drug-likeness (QED) is 0.590. The van der Waals surface area contributed by atoms with Gasteiger partial charge in [0.25, 0.3) is 0 Å². The number of piperidine rings is 1. The van der Waals surface area contributed by atoms with Crippen molar-refractivity contribution < 1.29 is 10.0 Å². The molecule has 1 aliphatic heterocycles. The summed E-state index contributed by atoms with van der Waals surface area (Å²) >= 11 is 0. The molecule has 1 fully saturated rings. The monoisotopic (exact) mass is 184 g/mol. The van der Waals surface area contributed by atoms with Gasteiger partial charge < -0.3 is 10.0 Å². The van der Waals surface area contributed by atoms with Crippen LogP contribution in [0.1, 0.15) is 26.7 Å². The topological polar surface area (TPSA) is 24.7 Å². The summed E-state index contributed by atoms with van der Waals surface area (Å²) in [5, 5.41) is 10.3. The fraction of sp³-hybridized carbons (Fsp3) is 0.818. The van der Waals surface area contributed by atoms with Crippen LogP contribution in [0.3, 0.4) is 0 Å². The largest absolute Gasteiger partial charge is 0.389 e. The van der Waals surface area contributed by atoms with E-state index >= 15 is 0 Å². The molecule has 1 aliphatic rings. The molecule has 0 bridgehead atoms. The van der Waals surface area contributed by atoms with E-state index in [0.29, 0.717) is 12.0 Å².